The Hall–Kier alpha value is -1.63. The second-order valence-electron chi connectivity index (χ2n) is 4.31. The van der Waals surface area contributed by atoms with E-state index in [-0.39, 0.29) is 5.91 Å². The number of carbonyl (C=O) groups is 1. The van der Waals surface area contributed by atoms with Gasteiger partial charge in [0.15, 0.2) is 0 Å². The van der Waals surface area contributed by atoms with Crippen LogP contribution in [-0.2, 0) is 24.9 Å². The van der Waals surface area contributed by atoms with Gasteiger partial charge < -0.3 is 5.32 Å². The van der Waals surface area contributed by atoms with Crippen molar-refractivity contribution in [2.45, 2.75) is 26.4 Å². The summed E-state index contributed by atoms with van der Waals surface area (Å²) in [5.74, 6) is -0.00308. The Morgan fingerprint density at radius 1 is 1.53 bits per heavy atom. The highest BCUT2D eigenvalue weighted by molar-refractivity contribution is 9.10. The zero-order valence-electron chi connectivity index (χ0n) is 10.9. The highest BCUT2D eigenvalue weighted by Gasteiger charge is 2.07. The van der Waals surface area contributed by atoms with Gasteiger partial charge in [0.1, 0.15) is 0 Å². The minimum atomic E-state index is -0.00308. The lowest BCUT2D eigenvalue weighted by Crippen LogP contribution is -2.24. The van der Waals surface area contributed by atoms with Crippen molar-refractivity contribution in [1.82, 2.24) is 24.9 Å². The lowest BCUT2D eigenvalue weighted by molar-refractivity contribution is -0.121. The normalized spacial score (nSPS) is 10.7. The summed E-state index contributed by atoms with van der Waals surface area (Å²) in [6, 6.07) is 1.88. The summed E-state index contributed by atoms with van der Waals surface area (Å²) in [5.41, 5.74) is 1.88. The molecule has 0 spiro atoms. The minimum absolute atomic E-state index is 0.00308. The van der Waals surface area contributed by atoms with Crippen LogP contribution >= 0.6 is 15.9 Å². The van der Waals surface area contributed by atoms with Crippen LogP contribution in [0.5, 0.6) is 0 Å². The van der Waals surface area contributed by atoms with Crippen molar-refractivity contribution >= 4 is 21.8 Å². The molecule has 0 fully saturated rings. The van der Waals surface area contributed by atoms with Gasteiger partial charge in [0.2, 0.25) is 5.91 Å². The van der Waals surface area contributed by atoms with Gasteiger partial charge in [0, 0.05) is 31.9 Å². The van der Waals surface area contributed by atoms with E-state index in [0.29, 0.717) is 19.5 Å². The van der Waals surface area contributed by atoms with Crippen molar-refractivity contribution in [3.8, 4) is 0 Å². The van der Waals surface area contributed by atoms with E-state index in [1.54, 1.807) is 10.9 Å². The molecule has 2 aromatic rings. The molecule has 0 radical (unpaired) electrons. The zero-order valence-corrected chi connectivity index (χ0v) is 12.5. The first-order valence-corrected chi connectivity index (χ1v) is 6.78. The molecule has 1 N–H and O–H groups in total. The molecule has 0 aliphatic heterocycles. The highest BCUT2D eigenvalue weighted by Crippen LogP contribution is 2.14. The van der Waals surface area contributed by atoms with Crippen molar-refractivity contribution in [2.75, 3.05) is 0 Å². The fraction of sp³-hybridized carbons (Fsp3) is 0.417. The molecule has 2 aromatic heterocycles. The molecule has 0 saturated carbocycles. The van der Waals surface area contributed by atoms with Crippen LogP contribution in [0.15, 0.2) is 22.9 Å². The van der Waals surface area contributed by atoms with E-state index in [0.717, 1.165) is 15.9 Å². The monoisotopic (exact) mass is 325 g/mol. The Kier molecular flexibility index (Phi) is 4.36. The van der Waals surface area contributed by atoms with E-state index >= 15 is 0 Å². The smallest absolute Gasteiger partial charge is 0.222 e. The summed E-state index contributed by atoms with van der Waals surface area (Å²) in [7, 11) is 1.85. The molecule has 6 nitrogen and oxygen atoms in total. The standard InChI is InChI=1S/C12H16BrN5O/c1-9-11(13)8-15-18(9)6-4-12(19)14-7-10-3-5-17(2)16-10/h3,5,8H,4,6-7H2,1-2H3,(H,14,19). The van der Waals surface area contributed by atoms with Gasteiger partial charge in [-0.15, -0.1) is 0 Å². The summed E-state index contributed by atoms with van der Waals surface area (Å²) in [6.07, 6.45) is 4.00. The molecule has 2 heterocycles. The van der Waals surface area contributed by atoms with E-state index in [9.17, 15) is 4.79 Å². The van der Waals surface area contributed by atoms with E-state index < -0.39 is 0 Å². The van der Waals surface area contributed by atoms with Crippen molar-refractivity contribution in [3.63, 3.8) is 0 Å². The molecule has 0 atom stereocenters. The van der Waals surface area contributed by atoms with Crippen LogP contribution in [0.4, 0.5) is 0 Å². The number of rotatable bonds is 5. The molecule has 2 rings (SSSR count). The molecule has 0 saturated heterocycles. The number of nitrogens with one attached hydrogen (secondary N) is 1. The van der Waals surface area contributed by atoms with Crippen LogP contribution < -0.4 is 5.32 Å². The lowest BCUT2D eigenvalue weighted by atomic mass is 10.3. The predicted molar refractivity (Wildman–Crippen MR) is 74.3 cm³/mol. The second kappa shape index (κ2) is 6.01. The third-order valence-electron chi connectivity index (χ3n) is 2.83. The molecule has 0 aliphatic rings. The van der Waals surface area contributed by atoms with Gasteiger partial charge >= 0.3 is 0 Å². The Balaban J connectivity index is 1.77. The maximum atomic E-state index is 11.7. The molecular formula is C12H16BrN5O. The van der Waals surface area contributed by atoms with E-state index in [1.807, 2.05) is 30.9 Å². The summed E-state index contributed by atoms with van der Waals surface area (Å²) < 4.78 is 4.48. The quantitative estimate of drug-likeness (QED) is 0.903. The van der Waals surface area contributed by atoms with Gasteiger partial charge in [-0.25, -0.2) is 0 Å². The third-order valence-corrected chi connectivity index (χ3v) is 3.61. The Labute approximate surface area is 119 Å². The number of aromatic nitrogens is 4. The van der Waals surface area contributed by atoms with Crippen LogP contribution in [0.1, 0.15) is 17.8 Å². The molecule has 102 valence electrons. The van der Waals surface area contributed by atoms with E-state index in [1.165, 1.54) is 0 Å². The topological polar surface area (TPSA) is 64.7 Å². The van der Waals surface area contributed by atoms with Crippen LogP contribution in [0.2, 0.25) is 0 Å². The number of halogens is 1. The first-order valence-electron chi connectivity index (χ1n) is 5.99. The number of aryl methyl sites for hydroxylation is 2. The number of amides is 1. The van der Waals surface area contributed by atoms with Gasteiger partial charge in [0.05, 0.1) is 22.9 Å². The molecule has 0 unspecified atom stereocenters. The van der Waals surface area contributed by atoms with Crippen LogP contribution in [0, 0.1) is 6.92 Å². The number of carbonyl (C=O) groups excluding carboxylic acids is 1. The molecule has 1 amide bonds. The molecule has 0 aromatic carbocycles. The first-order chi connectivity index (χ1) is 9.06. The molecule has 0 bridgehead atoms. The SMILES string of the molecule is Cc1c(Br)cnn1CCC(=O)NCc1ccn(C)n1. The maximum absolute atomic E-state index is 11.7. The van der Waals surface area contributed by atoms with Gasteiger partial charge in [-0.05, 0) is 28.9 Å². The summed E-state index contributed by atoms with van der Waals surface area (Å²) >= 11 is 3.39. The second-order valence-corrected chi connectivity index (χ2v) is 5.16. The minimum Gasteiger partial charge on any atom is -0.350 e. The zero-order chi connectivity index (χ0) is 13.8. The summed E-state index contributed by atoms with van der Waals surface area (Å²) in [6.45, 7) is 3.00. The molecule has 7 heteroatoms. The Morgan fingerprint density at radius 3 is 2.89 bits per heavy atom. The van der Waals surface area contributed by atoms with Crippen LogP contribution in [0.25, 0.3) is 0 Å². The maximum Gasteiger partial charge on any atom is 0.222 e. The average molecular weight is 326 g/mol. The van der Waals surface area contributed by atoms with Crippen molar-refractivity contribution in [2.24, 2.45) is 7.05 Å². The van der Waals surface area contributed by atoms with Crippen molar-refractivity contribution in [3.05, 3.63) is 34.3 Å². The Bertz CT molecular complexity index is 574. The number of hydrogen-bond donors (Lipinski definition) is 1. The Morgan fingerprint density at radius 2 is 2.32 bits per heavy atom. The van der Waals surface area contributed by atoms with E-state index in [4.69, 9.17) is 0 Å². The van der Waals surface area contributed by atoms with Gasteiger partial charge in [-0.2, -0.15) is 10.2 Å². The lowest BCUT2D eigenvalue weighted by Gasteiger charge is -2.05. The summed E-state index contributed by atoms with van der Waals surface area (Å²) in [5, 5.41) is 11.2. The number of hydrogen-bond acceptors (Lipinski definition) is 3. The van der Waals surface area contributed by atoms with Crippen LogP contribution in [0.3, 0.4) is 0 Å². The van der Waals surface area contributed by atoms with Gasteiger partial charge in [-0.3, -0.25) is 14.2 Å². The molecule has 0 aliphatic carbocycles. The predicted octanol–water partition coefficient (Wildman–Crippen LogP) is 1.39. The number of nitrogens with zero attached hydrogens (tertiary/aromatic N) is 4. The molecular weight excluding hydrogens is 310 g/mol. The van der Waals surface area contributed by atoms with Crippen molar-refractivity contribution < 1.29 is 4.79 Å². The van der Waals surface area contributed by atoms with Gasteiger partial charge in [0.25, 0.3) is 0 Å². The average Bonchev–Trinajstić information content (AvgIpc) is 2.93. The van der Waals surface area contributed by atoms with Crippen LogP contribution in [-0.4, -0.2) is 25.5 Å². The van der Waals surface area contributed by atoms with Crippen molar-refractivity contribution in [1.29, 1.82) is 0 Å². The van der Waals surface area contributed by atoms with E-state index in [2.05, 4.69) is 31.4 Å². The first kappa shape index (κ1) is 13.8. The fourth-order valence-corrected chi connectivity index (χ4v) is 1.99. The fourth-order valence-electron chi connectivity index (χ4n) is 1.69. The van der Waals surface area contributed by atoms with Gasteiger partial charge in [-0.1, -0.05) is 0 Å². The summed E-state index contributed by atoms with van der Waals surface area (Å²) in [4.78, 5) is 11.7. The third kappa shape index (κ3) is 3.66. The highest BCUT2D eigenvalue weighted by atomic mass is 79.9. The molecule has 19 heavy (non-hydrogen) atoms. The largest absolute Gasteiger partial charge is 0.350 e.